The number of fused-ring (bicyclic) bond motifs is 1. The smallest absolute Gasteiger partial charge is 0.321 e. The Balaban J connectivity index is 1.89. The highest BCUT2D eigenvalue weighted by Gasteiger charge is 2.31. The van der Waals surface area contributed by atoms with Crippen molar-refractivity contribution in [2.45, 2.75) is 25.6 Å². The average Bonchev–Trinajstić information content (AvgIpc) is 2.48. The summed E-state index contributed by atoms with van der Waals surface area (Å²) in [5.41, 5.74) is 3.48. The summed E-state index contributed by atoms with van der Waals surface area (Å²) in [5.74, 6) is -0.753. The van der Waals surface area contributed by atoms with Gasteiger partial charge in [-0.05, 0) is 29.2 Å². The molecule has 108 valence electrons. The summed E-state index contributed by atoms with van der Waals surface area (Å²) < 4.78 is 1.02. The molecule has 0 bridgehead atoms. The van der Waals surface area contributed by atoms with E-state index in [2.05, 4.69) is 22.0 Å². The van der Waals surface area contributed by atoms with Crippen LogP contribution in [0.1, 0.15) is 16.7 Å². The van der Waals surface area contributed by atoms with Gasteiger partial charge in [0.25, 0.3) is 0 Å². The second-order valence-electron chi connectivity index (χ2n) is 5.32. The van der Waals surface area contributed by atoms with E-state index in [4.69, 9.17) is 0 Å². The van der Waals surface area contributed by atoms with Crippen LogP contribution in [0.15, 0.2) is 53.0 Å². The number of carboxylic acids is 1. The largest absolute Gasteiger partial charge is 0.480 e. The van der Waals surface area contributed by atoms with E-state index in [-0.39, 0.29) is 0 Å². The van der Waals surface area contributed by atoms with Crippen molar-refractivity contribution in [1.82, 2.24) is 4.90 Å². The highest BCUT2D eigenvalue weighted by Crippen LogP contribution is 2.27. The van der Waals surface area contributed by atoms with Gasteiger partial charge in [0.05, 0.1) is 0 Å². The minimum atomic E-state index is -0.753. The van der Waals surface area contributed by atoms with Crippen molar-refractivity contribution in [2.24, 2.45) is 0 Å². The third-order valence-electron chi connectivity index (χ3n) is 3.96. The molecular weight excluding hydrogens is 330 g/mol. The van der Waals surface area contributed by atoms with Gasteiger partial charge in [-0.25, -0.2) is 0 Å². The van der Waals surface area contributed by atoms with Crippen molar-refractivity contribution < 1.29 is 9.90 Å². The lowest BCUT2D eigenvalue weighted by molar-refractivity contribution is -0.144. The molecule has 3 rings (SSSR count). The molecule has 0 unspecified atom stereocenters. The van der Waals surface area contributed by atoms with Crippen LogP contribution in [-0.4, -0.2) is 22.0 Å². The molecule has 1 aliphatic rings. The van der Waals surface area contributed by atoms with Crippen LogP contribution in [0.2, 0.25) is 0 Å². The molecule has 0 spiro atoms. The molecule has 0 fully saturated rings. The van der Waals surface area contributed by atoms with Crippen LogP contribution in [0.4, 0.5) is 0 Å². The van der Waals surface area contributed by atoms with Crippen LogP contribution in [0.5, 0.6) is 0 Å². The fourth-order valence-corrected chi connectivity index (χ4v) is 3.24. The van der Waals surface area contributed by atoms with Gasteiger partial charge in [-0.3, -0.25) is 9.69 Å². The van der Waals surface area contributed by atoms with E-state index in [0.29, 0.717) is 19.5 Å². The molecule has 0 saturated carbocycles. The second kappa shape index (κ2) is 6.00. The van der Waals surface area contributed by atoms with E-state index in [9.17, 15) is 9.90 Å². The number of benzene rings is 2. The first kappa shape index (κ1) is 14.3. The van der Waals surface area contributed by atoms with Crippen LogP contribution in [0.25, 0.3) is 0 Å². The fourth-order valence-electron chi connectivity index (χ4n) is 2.83. The summed E-state index contributed by atoms with van der Waals surface area (Å²) >= 11 is 3.54. The van der Waals surface area contributed by atoms with E-state index >= 15 is 0 Å². The highest BCUT2D eigenvalue weighted by molar-refractivity contribution is 9.10. The van der Waals surface area contributed by atoms with Crippen molar-refractivity contribution in [3.05, 3.63) is 69.7 Å². The molecule has 1 N–H and O–H groups in total. The SMILES string of the molecule is O=C(O)[C@@H]1Cc2ccccc2CN1Cc1ccccc1Br. The summed E-state index contributed by atoms with van der Waals surface area (Å²) in [6.45, 7) is 1.31. The standard InChI is InChI=1S/C17H16BrNO2/c18-15-8-4-3-7-14(15)11-19-10-13-6-2-1-5-12(13)9-16(19)17(20)21/h1-8,16H,9-11H2,(H,20,21)/t16-/m0/s1. The number of carbonyl (C=O) groups is 1. The molecule has 0 saturated heterocycles. The van der Waals surface area contributed by atoms with Gasteiger partial charge < -0.3 is 5.11 Å². The van der Waals surface area contributed by atoms with Crippen LogP contribution in [0, 0.1) is 0 Å². The summed E-state index contributed by atoms with van der Waals surface area (Å²) in [5, 5.41) is 9.53. The van der Waals surface area contributed by atoms with Crippen LogP contribution in [-0.2, 0) is 24.3 Å². The molecule has 1 atom stereocenters. The lowest BCUT2D eigenvalue weighted by atomic mass is 9.93. The van der Waals surface area contributed by atoms with E-state index in [1.54, 1.807) is 0 Å². The highest BCUT2D eigenvalue weighted by atomic mass is 79.9. The molecule has 0 amide bonds. The van der Waals surface area contributed by atoms with Gasteiger partial charge >= 0.3 is 5.97 Å². The lowest BCUT2D eigenvalue weighted by Gasteiger charge is -2.34. The first-order valence-corrected chi connectivity index (χ1v) is 7.71. The van der Waals surface area contributed by atoms with Crippen molar-refractivity contribution in [3.63, 3.8) is 0 Å². The number of halogens is 1. The Morgan fingerprint density at radius 2 is 1.81 bits per heavy atom. The van der Waals surface area contributed by atoms with Gasteiger partial charge in [-0.1, -0.05) is 58.4 Å². The molecule has 2 aromatic carbocycles. The maximum Gasteiger partial charge on any atom is 0.321 e. The molecule has 0 aromatic heterocycles. The van der Waals surface area contributed by atoms with Gasteiger partial charge in [-0.15, -0.1) is 0 Å². The van der Waals surface area contributed by atoms with Gasteiger partial charge in [0.1, 0.15) is 6.04 Å². The molecule has 21 heavy (non-hydrogen) atoms. The lowest BCUT2D eigenvalue weighted by Crippen LogP contribution is -2.45. The number of carboxylic acid groups (broad SMARTS) is 1. The quantitative estimate of drug-likeness (QED) is 0.925. The summed E-state index contributed by atoms with van der Waals surface area (Å²) in [7, 11) is 0. The van der Waals surface area contributed by atoms with Gasteiger partial charge in [0, 0.05) is 17.6 Å². The van der Waals surface area contributed by atoms with Gasteiger partial charge in [-0.2, -0.15) is 0 Å². The minimum Gasteiger partial charge on any atom is -0.480 e. The maximum absolute atomic E-state index is 11.6. The topological polar surface area (TPSA) is 40.5 Å². The van der Waals surface area contributed by atoms with E-state index in [1.165, 1.54) is 5.56 Å². The zero-order valence-corrected chi connectivity index (χ0v) is 13.1. The number of nitrogens with zero attached hydrogens (tertiary/aromatic N) is 1. The van der Waals surface area contributed by atoms with E-state index in [0.717, 1.165) is 15.6 Å². The molecule has 1 aliphatic heterocycles. The van der Waals surface area contributed by atoms with Gasteiger partial charge in [0.15, 0.2) is 0 Å². The predicted octanol–water partition coefficient (Wildman–Crippen LogP) is 3.46. The van der Waals surface area contributed by atoms with E-state index in [1.807, 2.05) is 47.4 Å². The third kappa shape index (κ3) is 3.01. The normalized spacial score (nSPS) is 18.2. The predicted molar refractivity (Wildman–Crippen MR) is 85.0 cm³/mol. The zero-order chi connectivity index (χ0) is 14.8. The van der Waals surface area contributed by atoms with Crippen molar-refractivity contribution in [3.8, 4) is 0 Å². The molecule has 2 aromatic rings. The summed E-state index contributed by atoms with van der Waals surface area (Å²) in [6.07, 6.45) is 0.565. The first-order chi connectivity index (χ1) is 10.1. The third-order valence-corrected chi connectivity index (χ3v) is 4.74. The Kier molecular flexibility index (Phi) is 4.08. The van der Waals surface area contributed by atoms with Crippen LogP contribution < -0.4 is 0 Å². The Bertz CT molecular complexity index is 671. The minimum absolute atomic E-state index is 0.466. The number of hydrogen-bond acceptors (Lipinski definition) is 2. The van der Waals surface area contributed by atoms with Gasteiger partial charge in [0.2, 0.25) is 0 Å². The maximum atomic E-state index is 11.6. The van der Waals surface area contributed by atoms with Crippen LogP contribution >= 0.6 is 15.9 Å². The molecule has 4 heteroatoms. The van der Waals surface area contributed by atoms with Crippen molar-refractivity contribution in [1.29, 1.82) is 0 Å². The Morgan fingerprint density at radius 1 is 1.14 bits per heavy atom. The second-order valence-corrected chi connectivity index (χ2v) is 6.18. The molecular formula is C17H16BrNO2. The van der Waals surface area contributed by atoms with Crippen molar-refractivity contribution >= 4 is 21.9 Å². The summed E-state index contributed by atoms with van der Waals surface area (Å²) in [6, 6.07) is 15.6. The molecule has 3 nitrogen and oxygen atoms in total. The Labute approximate surface area is 132 Å². The molecule has 0 aliphatic carbocycles. The fraction of sp³-hybridized carbons (Fsp3) is 0.235. The van der Waals surface area contributed by atoms with E-state index < -0.39 is 12.0 Å². The van der Waals surface area contributed by atoms with Crippen molar-refractivity contribution in [2.75, 3.05) is 0 Å². The Morgan fingerprint density at radius 3 is 2.52 bits per heavy atom. The average molecular weight is 346 g/mol. The first-order valence-electron chi connectivity index (χ1n) is 6.92. The number of aliphatic carboxylic acids is 1. The monoisotopic (exact) mass is 345 g/mol. The summed E-state index contributed by atoms with van der Waals surface area (Å²) in [4.78, 5) is 13.6. The zero-order valence-electron chi connectivity index (χ0n) is 11.5. The molecule has 0 radical (unpaired) electrons. The van der Waals surface area contributed by atoms with Crippen LogP contribution in [0.3, 0.4) is 0 Å². The number of rotatable bonds is 3. The number of hydrogen-bond donors (Lipinski definition) is 1. The Hall–Kier alpha value is -1.65. The molecule has 1 heterocycles.